The smallest absolute Gasteiger partial charge is 0.269 e. The van der Waals surface area contributed by atoms with Crippen molar-refractivity contribution in [3.63, 3.8) is 0 Å². The number of hydrogen-bond donors (Lipinski definition) is 2. The fraction of sp³-hybridized carbons (Fsp3) is 0.120. The van der Waals surface area contributed by atoms with E-state index in [0.717, 1.165) is 5.56 Å². The summed E-state index contributed by atoms with van der Waals surface area (Å²) in [5.41, 5.74) is 0.868. The molecule has 4 aromatic rings. The van der Waals surface area contributed by atoms with Gasteiger partial charge in [-0.15, -0.1) is 0 Å². The number of rotatable bonds is 5. The zero-order valence-electron chi connectivity index (χ0n) is 17.9. The summed E-state index contributed by atoms with van der Waals surface area (Å²) >= 11 is 3.30. The normalized spacial score (nSPS) is 11.7. The summed E-state index contributed by atoms with van der Waals surface area (Å²) < 4.78 is 15.2. The van der Waals surface area contributed by atoms with E-state index < -0.39 is 34.6 Å². The van der Waals surface area contributed by atoms with Gasteiger partial charge in [0.2, 0.25) is 0 Å². The number of benzene rings is 2. The highest BCUT2D eigenvalue weighted by Crippen LogP contribution is 2.28. The summed E-state index contributed by atoms with van der Waals surface area (Å²) in [4.78, 5) is 30.8. The van der Waals surface area contributed by atoms with Gasteiger partial charge >= 0.3 is 0 Å². The van der Waals surface area contributed by atoms with E-state index in [4.69, 9.17) is 5.26 Å². The third-order valence-electron chi connectivity index (χ3n) is 5.41. The molecular formula is C25H18BrFN4O3. The molecule has 2 heterocycles. The van der Waals surface area contributed by atoms with Crippen molar-refractivity contribution in [1.82, 2.24) is 14.9 Å². The van der Waals surface area contributed by atoms with Crippen molar-refractivity contribution >= 4 is 32.9 Å². The van der Waals surface area contributed by atoms with Crippen LogP contribution in [0.2, 0.25) is 0 Å². The molecule has 9 heteroatoms. The summed E-state index contributed by atoms with van der Waals surface area (Å²) in [6.07, 6.45) is 1.48. The molecule has 0 aliphatic heterocycles. The molecule has 0 aliphatic rings. The molecule has 0 fully saturated rings. The Labute approximate surface area is 202 Å². The van der Waals surface area contributed by atoms with Crippen LogP contribution in [0.5, 0.6) is 5.75 Å². The van der Waals surface area contributed by atoms with Crippen LogP contribution in [0.25, 0.3) is 11.0 Å². The van der Waals surface area contributed by atoms with E-state index in [0.29, 0.717) is 15.6 Å². The van der Waals surface area contributed by atoms with E-state index in [2.05, 4.69) is 26.2 Å². The van der Waals surface area contributed by atoms with Gasteiger partial charge in [-0.05, 0) is 64.3 Å². The number of hydrogen-bond acceptors (Lipinski definition) is 5. The van der Waals surface area contributed by atoms with E-state index in [-0.39, 0.29) is 17.6 Å². The van der Waals surface area contributed by atoms with Gasteiger partial charge in [0.1, 0.15) is 22.8 Å². The molecular weight excluding hydrogens is 503 g/mol. The van der Waals surface area contributed by atoms with E-state index in [1.165, 1.54) is 35.0 Å². The summed E-state index contributed by atoms with van der Waals surface area (Å²) in [5.74, 6) is -1.65. The maximum absolute atomic E-state index is 13.4. The molecule has 34 heavy (non-hydrogen) atoms. The third-order valence-corrected chi connectivity index (χ3v) is 5.84. The molecule has 0 saturated carbocycles. The summed E-state index contributed by atoms with van der Waals surface area (Å²) in [6, 6.07) is 15.4. The molecule has 2 aromatic carbocycles. The summed E-state index contributed by atoms with van der Waals surface area (Å²) in [5, 5.41) is 22.8. The number of aromatic nitrogens is 2. The molecule has 0 bridgehead atoms. The molecule has 7 nitrogen and oxygen atoms in total. The van der Waals surface area contributed by atoms with Crippen LogP contribution in [-0.2, 0) is 6.54 Å². The molecule has 2 aromatic heterocycles. The van der Waals surface area contributed by atoms with Gasteiger partial charge in [-0.25, -0.2) is 9.37 Å². The molecule has 1 amide bonds. The third kappa shape index (κ3) is 4.54. The molecule has 1 atom stereocenters. The van der Waals surface area contributed by atoms with Crippen LogP contribution in [0.4, 0.5) is 4.39 Å². The molecule has 0 radical (unpaired) electrons. The quantitative estimate of drug-likeness (QED) is 0.405. The van der Waals surface area contributed by atoms with Crippen molar-refractivity contribution in [1.29, 1.82) is 5.26 Å². The lowest BCUT2D eigenvalue weighted by atomic mass is 10.1. The number of fused-ring (bicyclic) bond motifs is 1. The number of nitrogens with one attached hydrogen (secondary N) is 1. The Morgan fingerprint density at radius 2 is 1.91 bits per heavy atom. The minimum Gasteiger partial charge on any atom is -0.506 e. The topological polar surface area (TPSA) is 108 Å². The number of halogens is 2. The van der Waals surface area contributed by atoms with Crippen LogP contribution in [0, 0.1) is 17.1 Å². The van der Waals surface area contributed by atoms with Crippen molar-refractivity contribution in [2.45, 2.75) is 19.5 Å². The second-order valence-electron chi connectivity index (χ2n) is 7.70. The second-order valence-corrected chi connectivity index (χ2v) is 8.61. The minimum atomic E-state index is -0.755. The summed E-state index contributed by atoms with van der Waals surface area (Å²) in [6.45, 7) is 1.75. The van der Waals surface area contributed by atoms with E-state index in [9.17, 15) is 19.1 Å². The highest BCUT2D eigenvalue weighted by atomic mass is 79.9. The second kappa shape index (κ2) is 9.45. The first-order chi connectivity index (χ1) is 16.3. The standard InChI is InChI=1S/C25H18BrFN4O3/c1-14(17-6-2-15(11-28)3-7-17)30-24(33)21-22(32)20-10-18(26)12-29-23(20)31(25(21)34)13-16-4-8-19(27)9-5-16/h2-10,12,14,32H,13H2,1H3,(H,30,33). The largest absolute Gasteiger partial charge is 0.506 e. The average Bonchev–Trinajstić information content (AvgIpc) is 2.83. The number of amides is 1. The van der Waals surface area contributed by atoms with Crippen molar-refractivity contribution in [2.75, 3.05) is 0 Å². The minimum absolute atomic E-state index is 0.0238. The Morgan fingerprint density at radius 3 is 2.56 bits per heavy atom. The van der Waals surface area contributed by atoms with E-state index in [1.807, 2.05) is 6.07 Å². The lowest BCUT2D eigenvalue weighted by Gasteiger charge is -2.17. The predicted octanol–water partition coefficient (Wildman–Crippen LogP) is 4.41. The molecule has 170 valence electrons. The zero-order chi connectivity index (χ0) is 24.4. The number of nitriles is 1. The van der Waals surface area contributed by atoms with Crippen LogP contribution in [0.3, 0.4) is 0 Å². The monoisotopic (exact) mass is 520 g/mol. The first-order valence-electron chi connectivity index (χ1n) is 10.2. The number of aromatic hydroxyl groups is 1. The van der Waals surface area contributed by atoms with Gasteiger partial charge in [-0.1, -0.05) is 24.3 Å². The summed E-state index contributed by atoms with van der Waals surface area (Å²) in [7, 11) is 0. The van der Waals surface area contributed by atoms with Crippen molar-refractivity contribution in [3.05, 3.63) is 104 Å². The van der Waals surface area contributed by atoms with E-state index >= 15 is 0 Å². The van der Waals surface area contributed by atoms with Gasteiger partial charge in [-0.3, -0.25) is 14.2 Å². The Bertz CT molecular complexity index is 1490. The lowest BCUT2D eigenvalue weighted by molar-refractivity contribution is 0.0935. The maximum Gasteiger partial charge on any atom is 0.269 e. The van der Waals surface area contributed by atoms with Gasteiger partial charge in [0.25, 0.3) is 11.5 Å². The van der Waals surface area contributed by atoms with Crippen molar-refractivity contribution in [2.24, 2.45) is 0 Å². The van der Waals surface area contributed by atoms with Crippen LogP contribution >= 0.6 is 15.9 Å². The number of pyridine rings is 2. The van der Waals surface area contributed by atoms with Gasteiger partial charge in [0.15, 0.2) is 0 Å². The Hall–Kier alpha value is -4.03. The highest BCUT2D eigenvalue weighted by molar-refractivity contribution is 9.10. The van der Waals surface area contributed by atoms with Gasteiger partial charge in [0.05, 0.1) is 29.6 Å². The Kier molecular flexibility index (Phi) is 6.43. The van der Waals surface area contributed by atoms with Crippen LogP contribution in [0.1, 0.15) is 40.0 Å². The van der Waals surface area contributed by atoms with Crippen LogP contribution < -0.4 is 10.9 Å². The lowest BCUT2D eigenvalue weighted by Crippen LogP contribution is -2.35. The number of carbonyl (C=O) groups is 1. The van der Waals surface area contributed by atoms with Crippen LogP contribution in [-0.4, -0.2) is 20.6 Å². The highest BCUT2D eigenvalue weighted by Gasteiger charge is 2.24. The van der Waals surface area contributed by atoms with Gasteiger partial charge < -0.3 is 10.4 Å². The van der Waals surface area contributed by atoms with Crippen molar-refractivity contribution in [3.8, 4) is 11.8 Å². The number of nitrogens with zero attached hydrogens (tertiary/aromatic N) is 3. The van der Waals surface area contributed by atoms with Gasteiger partial charge in [-0.2, -0.15) is 5.26 Å². The van der Waals surface area contributed by atoms with Crippen LogP contribution in [0.15, 0.2) is 70.1 Å². The van der Waals surface area contributed by atoms with Gasteiger partial charge in [0, 0.05) is 10.7 Å². The fourth-order valence-corrected chi connectivity index (χ4v) is 3.94. The maximum atomic E-state index is 13.4. The predicted molar refractivity (Wildman–Crippen MR) is 128 cm³/mol. The molecule has 0 saturated heterocycles. The van der Waals surface area contributed by atoms with E-state index in [1.54, 1.807) is 37.3 Å². The molecule has 4 rings (SSSR count). The molecule has 1 unspecified atom stereocenters. The number of carbonyl (C=O) groups excluding carboxylic acids is 1. The average molecular weight is 521 g/mol. The molecule has 0 spiro atoms. The first-order valence-corrected chi connectivity index (χ1v) is 11.0. The Balaban J connectivity index is 1.78. The fourth-order valence-electron chi connectivity index (χ4n) is 3.61. The SMILES string of the molecule is CC(NC(=O)c1c(O)c2cc(Br)cnc2n(Cc2ccc(F)cc2)c1=O)c1ccc(C#N)cc1. The Morgan fingerprint density at radius 1 is 1.24 bits per heavy atom. The molecule has 0 aliphatic carbocycles. The zero-order valence-corrected chi connectivity index (χ0v) is 19.5. The molecule has 2 N–H and O–H groups in total. The van der Waals surface area contributed by atoms with Crippen molar-refractivity contribution < 1.29 is 14.3 Å². The first kappa shape index (κ1) is 23.1.